The Morgan fingerprint density at radius 3 is 2.72 bits per heavy atom. The normalized spacial score (nSPS) is 12.3. The summed E-state index contributed by atoms with van der Waals surface area (Å²) in [4.78, 5) is 29.5. The van der Waals surface area contributed by atoms with E-state index in [2.05, 4.69) is 10.1 Å². The van der Waals surface area contributed by atoms with Gasteiger partial charge >= 0.3 is 5.69 Å². The van der Waals surface area contributed by atoms with Crippen LogP contribution in [0.2, 0.25) is 5.02 Å². The zero-order chi connectivity index (χ0) is 27.7. The predicted molar refractivity (Wildman–Crippen MR) is 149 cm³/mol. The molecule has 0 saturated carbocycles. The van der Waals surface area contributed by atoms with Gasteiger partial charge in [0.05, 0.1) is 40.6 Å². The van der Waals surface area contributed by atoms with Crippen LogP contribution in [-0.4, -0.2) is 34.0 Å². The van der Waals surface area contributed by atoms with E-state index >= 15 is 0 Å². The van der Waals surface area contributed by atoms with Crippen molar-refractivity contribution in [1.29, 1.82) is 0 Å². The van der Waals surface area contributed by atoms with Crippen LogP contribution in [0.1, 0.15) is 25.8 Å². The van der Waals surface area contributed by atoms with Crippen LogP contribution in [0.15, 0.2) is 75.0 Å². The first-order valence-corrected chi connectivity index (χ1v) is 12.5. The maximum atomic E-state index is 13.6. The van der Waals surface area contributed by atoms with Gasteiger partial charge in [0.25, 0.3) is 5.56 Å². The molecule has 0 unspecified atom stereocenters. The molecule has 198 valence electrons. The second-order valence-corrected chi connectivity index (χ2v) is 9.17. The van der Waals surface area contributed by atoms with Crippen LogP contribution in [0.25, 0.3) is 33.5 Å². The number of nitro groups is 1. The van der Waals surface area contributed by atoms with Crippen molar-refractivity contribution < 1.29 is 18.8 Å². The van der Waals surface area contributed by atoms with Crippen LogP contribution in [0.5, 0.6) is 11.5 Å². The number of nitrogens with zero attached hydrogens (tertiary/aromatic N) is 4. The molecule has 0 spiro atoms. The molecular weight excluding hydrogens is 524 g/mol. The van der Waals surface area contributed by atoms with E-state index in [1.165, 1.54) is 18.3 Å². The minimum atomic E-state index is -0.572. The van der Waals surface area contributed by atoms with Crippen LogP contribution in [0.4, 0.5) is 5.69 Å². The molecular formula is C28H23ClN4O6. The molecule has 3 aromatic carbocycles. The third-order valence-corrected chi connectivity index (χ3v) is 6.40. The second-order valence-electron chi connectivity index (χ2n) is 8.73. The molecule has 0 radical (unpaired) electrons. The monoisotopic (exact) mass is 546 g/mol. The highest BCUT2D eigenvalue weighted by Gasteiger charge is 2.23. The number of ether oxygens (including phenoxy) is 2. The number of methoxy groups -OCH3 is 1. The SMILES string of the molecule is CC[C@@H](C)Oc1c(C=Nn2c(-c3cc4c(OC)cccc4o3)nc3ccccc3c2=O)cc(Cl)cc1[N+](=O)[O-]. The molecule has 2 aromatic heterocycles. The van der Waals surface area contributed by atoms with Crippen molar-refractivity contribution in [3.05, 3.63) is 91.7 Å². The van der Waals surface area contributed by atoms with Gasteiger partial charge in [-0.1, -0.05) is 36.7 Å². The molecule has 1 atom stereocenters. The molecule has 10 nitrogen and oxygen atoms in total. The molecule has 0 amide bonds. The lowest BCUT2D eigenvalue weighted by Gasteiger charge is -2.15. The average molecular weight is 547 g/mol. The number of para-hydroxylation sites is 1. The summed E-state index contributed by atoms with van der Waals surface area (Å²) < 4.78 is 18.5. The standard InChI is InChI=1S/C28H23ClN4O6/c1-4-16(2)38-26-17(12-18(29)13-22(26)33(35)36)15-30-32-27(31-21-9-6-5-8-19(21)28(32)34)25-14-20-23(37-3)10-7-11-24(20)39-25/h5-16H,4H2,1-3H3/t16-/m1/s1. The number of furan rings is 1. The highest BCUT2D eigenvalue weighted by atomic mass is 35.5. The van der Waals surface area contributed by atoms with Gasteiger partial charge in [0, 0.05) is 16.7 Å². The van der Waals surface area contributed by atoms with Gasteiger partial charge in [-0.25, -0.2) is 4.98 Å². The van der Waals surface area contributed by atoms with Crippen LogP contribution >= 0.6 is 11.6 Å². The number of aromatic nitrogens is 2. The molecule has 11 heteroatoms. The lowest BCUT2D eigenvalue weighted by Crippen LogP contribution is -2.20. The molecule has 39 heavy (non-hydrogen) atoms. The maximum Gasteiger partial charge on any atom is 0.313 e. The Morgan fingerprint density at radius 1 is 1.18 bits per heavy atom. The molecule has 0 N–H and O–H groups in total. The van der Waals surface area contributed by atoms with Gasteiger partial charge in [-0.2, -0.15) is 9.78 Å². The quantitative estimate of drug-likeness (QED) is 0.125. The smallest absolute Gasteiger partial charge is 0.313 e. The zero-order valence-electron chi connectivity index (χ0n) is 21.3. The first-order valence-electron chi connectivity index (χ1n) is 12.1. The summed E-state index contributed by atoms with van der Waals surface area (Å²) in [5.41, 5.74) is 0.456. The summed E-state index contributed by atoms with van der Waals surface area (Å²) in [6.07, 6.45) is 1.59. The fourth-order valence-corrected chi connectivity index (χ4v) is 4.30. The average Bonchev–Trinajstić information content (AvgIpc) is 3.37. The molecule has 5 rings (SSSR count). The van der Waals surface area contributed by atoms with Crippen LogP contribution in [0, 0.1) is 10.1 Å². The van der Waals surface area contributed by atoms with E-state index in [4.69, 9.17) is 25.5 Å². The lowest BCUT2D eigenvalue weighted by molar-refractivity contribution is -0.386. The summed E-state index contributed by atoms with van der Waals surface area (Å²) in [6.45, 7) is 3.69. The van der Waals surface area contributed by atoms with E-state index in [-0.39, 0.29) is 39.7 Å². The summed E-state index contributed by atoms with van der Waals surface area (Å²) >= 11 is 6.20. The molecule has 0 saturated heterocycles. The largest absolute Gasteiger partial charge is 0.496 e. The van der Waals surface area contributed by atoms with E-state index in [0.29, 0.717) is 34.0 Å². The molecule has 5 aromatic rings. The van der Waals surface area contributed by atoms with Crippen molar-refractivity contribution in [2.45, 2.75) is 26.4 Å². The number of benzene rings is 3. The third kappa shape index (κ3) is 4.94. The van der Waals surface area contributed by atoms with Crippen molar-refractivity contribution >= 4 is 45.4 Å². The zero-order valence-corrected chi connectivity index (χ0v) is 22.0. The summed E-state index contributed by atoms with van der Waals surface area (Å²) in [7, 11) is 1.55. The molecule has 0 aliphatic carbocycles. The van der Waals surface area contributed by atoms with Gasteiger partial charge in [0.2, 0.25) is 11.6 Å². The highest BCUT2D eigenvalue weighted by molar-refractivity contribution is 6.31. The Morgan fingerprint density at radius 2 is 1.97 bits per heavy atom. The van der Waals surface area contributed by atoms with Gasteiger partial charge in [-0.3, -0.25) is 14.9 Å². The number of hydrogen-bond acceptors (Lipinski definition) is 8. The summed E-state index contributed by atoms with van der Waals surface area (Å²) in [6, 6.07) is 16.6. The number of nitro benzene ring substituents is 1. The lowest BCUT2D eigenvalue weighted by atomic mass is 10.1. The fourth-order valence-electron chi connectivity index (χ4n) is 4.08. The van der Waals surface area contributed by atoms with E-state index in [0.717, 1.165) is 4.68 Å². The van der Waals surface area contributed by atoms with E-state index in [1.54, 1.807) is 62.6 Å². The Bertz CT molecular complexity index is 1810. The van der Waals surface area contributed by atoms with Crippen LogP contribution in [-0.2, 0) is 0 Å². The topological polar surface area (TPSA) is 122 Å². The van der Waals surface area contributed by atoms with Gasteiger partial charge < -0.3 is 13.9 Å². The van der Waals surface area contributed by atoms with E-state index in [1.807, 2.05) is 6.92 Å². The summed E-state index contributed by atoms with van der Waals surface area (Å²) in [5, 5.41) is 17.3. The first-order chi connectivity index (χ1) is 18.8. The van der Waals surface area contributed by atoms with Crippen molar-refractivity contribution in [2.75, 3.05) is 7.11 Å². The Balaban J connectivity index is 1.74. The van der Waals surface area contributed by atoms with E-state index in [9.17, 15) is 14.9 Å². The summed E-state index contributed by atoms with van der Waals surface area (Å²) in [5.74, 6) is 1.01. The minimum Gasteiger partial charge on any atom is -0.496 e. The minimum absolute atomic E-state index is 0.000629. The van der Waals surface area contributed by atoms with E-state index < -0.39 is 10.5 Å². The highest BCUT2D eigenvalue weighted by Crippen LogP contribution is 2.35. The molecule has 0 fully saturated rings. The fraction of sp³-hybridized carbons (Fsp3) is 0.179. The van der Waals surface area contributed by atoms with Gasteiger partial charge in [-0.05, 0) is 49.7 Å². The van der Waals surface area contributed by atoms with Gasteiger partial charge in [0.1, 0.15) is 11.3 Å². The van der Waals surface area contributed by atoms with Crippen molar-refractivity contribution in [1.82, 2.24) is 9.66 Å². The van der Waals surface area contributed by atoms with Gasteiger partial charge in [-0.15, -0.1) is 0 Å². The van der Waals surface area contributed by atoms with Crippen LogP contribution in [0.3, 0.4) is 0 Å². The van der Waals surface area contributed by atoms with Crippen LogP contribution < -0.4 is 15.0 Å². The second kappa shape index (κ2) is 10.6. The predicted octanol–water partition coefficient (Wildman–Crippen LogP) is 6.44. The Hall–Kier alpha value is -4.70. The molecule has 0 aliphatic heterocycles. The first kappa shape index (κ1) is 25.9. The third-order valence-electron chi connectivity index (χ3n) is 6.18. The molecule has 0 aliphatic rings. The number of halogens is 1. The number of fused-ring (bicyclic) bond motifs is 2. The van der Waals surface area contributed by atoms with Crippen molar-refractivity contribution in [3.8, 4) is 23.1 Å². The van der Waals surface area contributed by atoms with Crippen molar-refractivity contribution in [3.63, 3.8) is 0 Å². The van der Waals surface area contributed by atoms with Gasteiger partial charge in [0.15, 0.2) is 5.76 Å². The molecule has 2 heterocycles. The number of hydrogen-bond donors (Lipinski definition) is 0. The number of rotatable bonds is 8. The van der Waals surface area contributed by atoms with Crippen molar-refractivity contribution in [2.24, 2.45) is 5.10 Å². The Kier molecular flexibility index (Phi) is 7.03. The Labute approximate surface area is 227 Å². The maximum absolute atomic E-state index is 13.6. The molecule has 0 bridgehead atoms.